The van der Waals surface area contributed by atoms with Gasteiger partial charge in [0.1, 0.15) is 0 Å². The molecule has 4 heteroatoms. The minimum atomic E-state index is -0.679. The van der Waals surface area contributed by atoms with Crippen molar-refractivity contribution in [2.45, 2.75) is 82.1 Å². The third-order valence-electron chi connectivity index (χ3n) is 4.45. The summed E-state index contributed by atoms with van der Waals surface area (Å²) in [4.78, 5) is 0. The van der Waals surface area contributed by atoms with Crippen molar-refractivity contribution < 1.29 is 18.9 Å². The quantitative estimate of drug-likeness (QED) is 0.635. The van der Waals surface area contributed by atoms with E-state index in [9.17, 15) is 0 Å². The van der Waals surface area contributed by atoms with Crippen molar-refractivity contribution in [2.75, 3.05) is 13.7 Å². The first-order valence-electron chi connectivity index (χ1n) is 7.82. The highest BCUT2D eigenvalue weighted by molar-refractivity contribution is 4.91. The molecule has 110 valence electrons. The van der Waals surface area contributed by atoms with Crippen LogP contribution in [0, 0.1) is 0 Å². The maximum absolute atomic E-state index is 5.99. The second-order valence-electron chi connectivity index (χ2n) is 6.12. The van der Waals surface area contributed by atoms with Gasteiger partial charge < -0.3 is 18.9 Å². The number of hydrogen-bond donors (Lipinski definition) is 0. The van der Waals surface area contributed by atoms with Gasteiger partial charge in [-0.05, 0) is 12.8 Å². The Labute approximate surface area is 115 Å². The summed E-state index contributed by atoms with van der Waals surface area (Å²) in [5, 5.41) is 0. The molecule has 0 N–H and O–H groups in total. The normalized spacial score (nSPS) is 39.9. The predicted octanol–water partition coefficient (Wildman–Crippen LogP) is 2.99. The molecule has 0 amide bonds. The van der Waals surface area contributed by atoms with Gasteiger partial charge in [0.05, 0.1) is 18.3 Å². The molecule has 0 aromatic heterocycles. The summed E-state index contributed by atoms with van der Waals surface area (Å²) < 4.78 is 23.0. The lowest BCUT2D eigenvalue weighted by atomic mass is 9.88. The van der Waals surface area contributed by atoms with Gasteiger partial charge in [-0.1, -0.05) is 19.3 Å². The van der Waals surface area contributed by atoms with Gasteiger partial charge in [-0.2, -0.15) is 0 Å². The molecule has 0 spiro atoms. The molecule has 4 bridgehead atoms. The minimum absolute atomic E-state index is 0.382. The Morgan fingerprint density at radius 2 is 1.37 bits per heavy atom. The average molecular weight is 270 g/mol. The van der Waals surface area contributed by atoms with Crippen molar-refractivity contribution >= 4 is 0 Å². The summed E-state index contributed by atoms with van der Waals surface area (Å²) in [6.45, 7) is 0.879. The van der Waals surface area contributed by atoms with E-state index in [0.717, 1.165) is 45.1 Å². The molecule has 4 aliphatic rings. The van der Waals surface area contributed by atoms with E-state index in [4.69, 9.17) is 18.9 Å². The Kier molecular flexibility index (Phi) is 4.42. The van der Waals surface area contributed by atoms with E-state index in [1.54, 1.807) is 7.11 Å². The Bertz CT molecular complexity index is 257. The molecule has 4 rings (SSSR count). The first-order valence-corrected chi connectivity index (χ1v) is 7.82. The molecule has 0 radical (unpaired) electrons. The molecule has 0 aromatic rings. The number of hydrogen-bond acceptors (Lipinski definition) is 4. The second kappa shape index (κ2) is 6.08. The van der Waals surface area contributed by atoms with Gasteiger partial charge in [0.2, 0.25) is 0 Å². The molecule has 0 atom stereocenters. The fraction of sp³-hybridized carbons (Fsp3) is 1.00. The van der Waals surface area contributed by atoms with Crippen LogP contribution < -0.4 is 0 Å². The van der Waals surface area contributed by atoms with Crippen LogP contribution in [0.15, 0.2) is 0 Å². The zero-order chi connectivity index (χ0) is 13.1. The Morgan fingerprint density at radius 3 is 1.95 bits per heavy atom. The molecule has 19 heavy (non-hydrogen) atoms. The van der Waals surface area contributed by atoms with Crippen molar-refractivity contribution in [2.24, 2.45) is 0 Å². The number of unbranched alkanes of at least 4 members (excludes halogenated alkanes) is 4. The third kappa shape index (κ3) is 3.30. The molecule has 3 heterocycles. The van der Waals surface area contributed by atoms with Gasteiger partial charge in [0, 0.05) is 39.4 Å². The van der Waals surface area contributed by atoms with Crippen molar-refractivity contribution in [3.05, 3.63) is 0 Å². The van der Waals surface area contributed by atoms with E-state index >= 15 is 0 Å². The van der Waals surface area contributed by atoms with Crippen molar-refractivity contribution in [1.82, 2.24) is 0 Å². The first kappa shape index (κ1) is 13.8. The number of methoxy groups -OCH3 is 1. The van der Waals surface area contributed by atoms with Crippen LogP contribution in [-0.2, 0) is 18.9 Å². The lowest BCUT2D eigenvalue weighted by molar-refractivity contribution is -0.495. The summed E-state index contributed by atoms with van der Waals surface area (Å²) in [6, 6.07) is 0. The highest BCUT2D eigenvalue weighted by Gasteiger charge is 2.54. The molecule has 0 unspecified atom stereocenters. The number of rotatable bonds is 8. The Hall–Kier alpha value is -0.160. The van der Waals surface area contributed by atoms with Gasteiger partial charge in [0.25, 0.3) is 5.97 Å². The summed E-state index contributed by atoms with van der Waals surface area (Å²) in [6.07, 6.45) is 11.3. The molecule has 4 nitrogen and oxygen atoms in total. The second-order valence-corrected chi connectivity index (χ2v) is 6.12. The maximum Gasteiger partial charge on any atom is 0.283 e. The van der Waals surface area contributed by atoms with Crippen molar-refractivity contribution in [1.29, 1.82) is 0 Å². The zero-order valence-corrected chi connectivity index (χ0v) is 11.9. The molecule has 3 saturated heterocycles. The summed E-state index contributed by atoms with van der Waals surface area (Å²) in [5.41, 5.74) is 0. The summed E-state index contributed by atoms with van der Waals surface area (Å²) in [7, 11) is 1.76. The maximum atomic E-state index is 5.99. The summed E-state index contributed by atoms with van der Waals surface area (Å²) in [5.74, 6) is -0.679. The van der Waals surface area contributed by atoms with Gasteiger partial charge in [-0.3, -0.25) is 0 Å². The first-order chi connectivity index (χ1) is 9.30. The Balaban J connectivity index is 1.36. The van der Waals surface area contributed by atoms with E-state index in [2.05, 4.69) is 0 Å². The molecule has 1 saturated carbocycles. The SMILES string of the molecule is COCCCCCCCC12OC3CC(CC(C3)O1)O2. The lowest BCUT2D eigenvalue weighted by Gasteiger charge is -2.55. The molecule has 4 fully saturated rings. The topological polar surface area (TPSA) is 36.9 Å². The fourth-order valence-electron chi connectivity index (χ4n) is 3.60. The minimum Gasteiger partial charge on any atom is -0.385 e. The van der Waals surface area contributed by atoms with E-state index < -0.39 is 5.97 Å². The van der Waals surface area contributed by atoms with Crippen LogP contribution in [0.1, 0.15) is 57.8 Å². The molecule has 0 aromatic carbocycles. The van der Waals surface area contributed by atoms with Gasteiger partial charge in [0.15, 0.2) is 0 Å². The molecule has 1 aliphatic carbocycles. The molecular weight excluding hydrogens is 244 g/mol. The van der Waals surface area contributed by atoms with Gasteiger partial charge in [-0.15, -0.1) is 0 Å². The highest BCUT2D eigenvalue weighted by Crippen LogP contribution is 2.46. The largest absolute Gasteiger partial charge is 0.385 e. The van der Waals surface area contributed by atoms with Crippen LogP contribution in [0.5, 0.6) is 0 Å². The predicted molar refractivity (Wildman–Crippen MR) is 70.8 cm³/mol. The number of ether oxygens (including phenoxy) is 4. The van der Waals surface area contributed by atoms with Crippen LogP contribution in [0.4, 0.5) is 0 Å². The monoisotopic (exact) mass is 270 g/mol. The van der Waals surface area contributed by atoms with Crippen LogP contribution in [0.3, 0.4) is 0 Å². The van der Waals surface area contributed by atoms with Crippen LogP contribution in [0.25, 0.3) is 0 Å². The van der Waals surface area contributed by atoms with E-state index in [-0.39, 0.29) is 0 Å². The average Bonchev–Trinajstić information content (AvgIpc) is 2.36. The van der Waals surface area contributed by atoms with Crippen molar-refractivity contribution in [3.8, 4) is 0 Å². The fourth-order valence-corrected chi connectivity index (χ4v) is 3.60. The van der Waals surface area contributed by atoms with E-state index in [0.29, 0.717) is 18.3 Å². The van der Waals surface area contributed by atoms with Crippen LogP contribution >= 0.6 is 0 Å². The lowest BCUT2D eigenvalue weighted by Crippen LogP contribution is -2.62. The van der Waals surface area contributed by atoms with Gasteiger partial charge >= 0.3 is 0 Å². The van der Waals surface area contributed by atoms with Crippen LogP contribution in [0.2, 0.25) is 0 Å². The van der Waals surface area contributed by atoms with Crippen LogP contribution in [-0.4, -0.2) is 38.0 Å². The standard InChI is InChI=1S/C15H26O4/c1-16-8-6-4-2-3-5-7-15-17-12-9-13(18-15)11-14(10-12)19-15/h12-14H,2-11H2,1H3. The third-order valence-corrected chi connectivity index (χ3v) is 4.45. The van der Waals surface area contributed by atoms with E-state index in [1.165, 1.54) is 19.3 Å². The molecular formula is C15H26O4. The van der Waals surface area contributed by atoms with E-state index in [1.807, 2.05) is 0 Å². The smallest absolute Gasteiger partial charge is 0.283 e. The van der Waals surface area contributed by atoms with Crippen molar-refractivity contribution in [3.63, 3.8) is 0 Å². The van der Waals surface area contributed by atoms with Gasteiger partial charge in [-0.25, -0.2) is 0 Å². The zero-order valence-electron chi connectivity index (χ0n) is 11.9. The Morgan fingerprint density at radius 1 is 0.842 bits per heavy atom. The summed E-state index contributed by atoms with van der Waals surface area (Å²) >= 11 is 0. The molecule has 3 aliphatic heterocycles. The highest BCUT2D eigenvalue weighted by atomic mass is 16.9.